The van der Waals surface area contributed by atoms with Crippen LogP contribution in [0.4, 0.5) is 0 Å². The minimum atomic E-state index is -0.592. The maximum Gasteiger partial charge on any atom is 0.274 e. The Kier molecular flexibility index (Phi) is 6.07. The van der Waals surface area contributed by atoms with Gasteiger partial charge in [-0.1, -0.05) is 6.07 Å². The van der Waals surface area contributed by atoms with E-state index in [9.17, 15) is 9.59 Å². The van der Waals surface area contributed by atoms with Crippen molar-refractivity contribution in [2.24, 2.45) is 0 Å². The third-order valence-corrected chi connectivity index (χ3v) is 3.26. The molecule has 0 spiro atoms. The summed E-state index contributed by atoms with van der Waals surface area (Å²) in [6.07, 6.45) is 0. The Labute approximate surface area is 140 Å². The quantitative estimate of drug-likeness (QED) is 0.307. The summed E-state index contributed by atoms with van der Waals surface area (Å²) in [6, 6.07) is 11.3. The van der Waals surface area contributed by atoms with Crippen molar-refractivity contribution in [2.75, 3.05) is 13.2 Å². The number of aromatic nitrogens is 1. The van der Waals surface area contributed by atoms with Gasteiger partial charge >= 0.3 is 0 Å². The van der Waals surface area contributed by atoms with Crippen molar-refractivity contribution in [2.45, 2.75) is 0 Å². The molecule has 1 aromatic carbocycles. The lowest BCUT2D eigenvalue weighted by molar-refractivity contribution is 0.0706. The number of benzene rings is 1. The van der Waals surface area contributed by atoms with Crippen molar-refractivity contribution in [3.63, 3.8) is 0 Å². The number of hydroxylamine groups is 1. The molecule has 120 valence electrons. The van der Waals surface area contributed by atoms with E-state index in [2.05, 4.69) is 26.2 Å². The zero-order valence-electron chi connectivity index (χ0n) is 12.0. The van der Waals surface area contributed by atoms with E-state index in [0.717, 1.165) is 0 Å². The van der Waals surface area contributed by atoms with Gasteiger partial charge in [-0.25, -0.2) is 10.5 Å². The molecule has 2 amide bonds. The van der Waals surface area contributed by atoms with E-state index in [-0.39, 0.29) is 12.5 Å². The number of halogens is 1. The van der Waals surface area contributed by atoms with Crippen LogP contribution >= 0.6 is 15.9 Å². The normalized spacial score (nSPS) is 10.0. The first-order valence-corrected chi connectivity index (χ1v) is 7.47. The minimum absolute atomic E-state index is 0.269. The van der Waals surface area contributed by atoms with Crippen LogP contribution in [-0.2, 0) is 0 Å². The molecule has 23 heavy (non-hydrogen) atoms. The molecule has 2 aromatic rings. The second kappa shape index (κ2) is 8.25. The van der Waals surface area contributed by atoms with Crippen LogP contribution < -0.4 is 15.5 Å². The lowest BCUT2D eigenvalue weighted by Gasteiger charge is -2.08. The molecular formula is C15H14BrN3O4. The molecule has 0 saturated carbocycles. The van der Waals surface area contributed by atoms with Gasteiger partial charge in [-0.3, -0.25) is 14.8 Å². The third-order valence-electron chi connectivity index (χ3n) is 2.82. The fourth-order valence-electron chi connectivity index (χ4n) is 1.73. The van der Waals surface area contributed by atoms with Crippen LogP contribution in [0.25, 0.3) is 0 Å². The highest BCUT2D eigenvalue weighted by molar-refractivity contribution is 9.10. The van der Waals surface area contributed by atoms with Crippen LogP contribution in [0.5, 0.6) is 5.75 Å². The smallest absolute Gasteiger partial charge is 0.274 e. The van der Waals surface area contributed by atoms with Gasteiger partial charge in [-0.05, 0) is 52.3 Å². The van der Waals surface area contributed by atoms with E-state index in [1.807, 2.05) is 0 Å². The molecule has 7 nitrogen and oxygen atoms in total. The number of nitrogens with zero attached hydrogens (tertiary/aromatic N) is 1. The number of hydrogen-bond acceptors (Lipinski definition) is 5. The van der Waals surface area contributed by atoms with Crippen molar-refractivity contribution in [3.8, 4) is 5.75 Å². The molecule has 1 aromatic heterocycles. The van der Waals surface area contributed by atoms with Gasteiger partial charge in [-0.15, -0.1) is 0 Å². The number of pyridine rings is 1. The van der Waals surface area contributed by atoms with Gasteiger partial charge in [0, 0.05) is 5.56 Å². The molecule has 0 aliphatic carbocycles. The maximum absolute atomic E-state index is 11.8. The first-order valence-electron chi connectivity index (χ1n) is 6.68. The number of nitrogens with one attached hydrogen (secondary N) is 2. The number of rotatable bonds is 6. The molecule has 0 aliphatic heterocycles. The van der Waals surface area contributed by atoms with Crippen molar-refractivity contribution < 1.29 is 19.5 Å². The molecule has 3 N–H and O–H groups in total. The summed E-state index contributed by atoms with van der Waals surface area (Å²) < 4.78 is 6.04. The van der Waals surface area contributed by atoms with E-state index in [4.69, 9.17) is 9.94 Å². The molecule has 8 heteroatoms. The van der Waals surface area contributed by atoms with E-state index < -0.39 is 5.91 Å². The molecule has 0 aliphatic rings. The summed E-state index contributed by atoms with van der Waals surface area (Å²) in [5.41, 5.74) is 2.18. The molecule has 1 heterocycles. The van der Waals surface area contributed by atoms with Crippen LogP contribution in [0.2, 0.25) is 0 Å². The average Bonchev–Trinajstić information content (AvgIpc) is 2.58. The zero-order chi connectivity index (χ0) is 16.7. The largest absolute Gasteiger partial charge is 0.492 e. The number of carbonyl (C=O) groups excluding carboxylic acids is 2. The van der Waals surface area contributed by atoms with Gasteiger partial charge in [0.05, 0.1) is 6.54 Å². The van der Waals surface area contributed by atoms with Crippen molar-refractivity contribution >= 4 is 27.7 Å². The van der Waals surface area contributed by atoms with Gasteiger partial charge in [0.1, 0.15) is 22.7 Å². The Bertz CT molecular complexity index is 691. The van der Waals surface area contributed by atoms with Crippen molar-refractivity contribution in [1.29, 1.82) is 0 Å². The Hall–Kier alpha value is -2.45. The second-order valence-corrected chi connectivity index (χ2v) is 5.23. The topological polar surface area (TPSA) is 101 Å². The Morgan fingerprint density at radius 2 is 1.87 bits per heavy atom. The van der Waals surface area contributed by atoms with Crippen LogP contribution in [0.15, 0.2) is 47.1 Å². The van der Waals surface area contributed by atoms with Gasteiger partial charge in [0.2, 0.25) is 0 Å². The molecule has 0 bridgehead atoms. The lowest BCUT2D eigenvalue weighted by atomic mass is 10.2. The number of ether oxygens (including phenoxy) is 1. The number of carbonyl (C=O) groups is 2. The van der Waals surface area contributed by atoms with E-state index in [0.29, 0.717) is 28.2 Å². The molecule has 0 atom stereocenters. The Morgan fingerprint density at radius 3 is 2.52 bits per heavy atom. The van der Waals surface area contributed by atoms with Crippen molar-refractivity contribution in [1.82, 2.24) is 15.8 Å². The third kappa shape index (κ3) is 5.04. The monoisotopic (exact) mass is 379 g/mol. The van der Waals surface area contributed by atoms with Gasteiger partial charge in [-0.2, -0.15) is 0 Å². The van der Waals surface area contributed by atoms with Crippen molar-refractivity contribution in [3.05, 3.63) is 58.3 Å². The summed E-state index contributed by atoms with van der Waals surface area (Å²) in [6.45, 7) is 0.581. The summed E-state index contributed by atoms with van der Waals surface area (Å²) in [5.74, 6) is -0.329. The van der Waals surface area contributed by atoms with Gasteiger partial charge < -0.3 is 10.1 Å². The van der Waals surface area contributed by atoms with Gasteiger partial charge in [0.25, 0.3) is 11.8 Å². The number of amides is 2. The predicted octanol–water partition coefficient (Wildman–Crippen LogP) is 1.77. The summed E-state index contributed by atoms with van der Waals surface area (Å²) in [7, 11) is 0. The fourth-order valence-corrected chi connectivity index (χ4v) is 2.07. The Balaban J connectivity index is 1.77. The first-order chi connectivity index (χ1) is 11.1. The Morgan fingerprint density at radius 1 is 1.13 bits per heavy atom. The maximum atomic E-state index is 11.8. The highest BCUT2D eigenvalue weighted by atomic mass is 79.9. The predicted molar refractivity (Wildman–Crippen MR) is 85.5 cm³/mol. The van der Waals surface area contributed by atoms with Gasteiger partial charge in [0.15, 0.2) is 0 Å². The molecule has 0 radical (unpaired) electrons. The SMILES string of the molecule is O=C(NO)c1ccc(OCCNC(=O)c2cccc(Br)n2)cc1. The standard InChI is InChI=1S/C15H14BrN3O4/c16-13-3-1-2-12(18-13)15(21)17-8-9-23-11-6-4-10(5-7-11)14(20)19-22/h1-7,22H,8-9H2,(H,17,21)(H,19,20). The fraction of sp³-hybridized carbons (Fsp3) is 0.133. The lowest BCUT2D eigenvalue weighted by Crippen LogP contribution is -2.28. The van der Waals surface area contributed by atoms with Crippen LogP contribution in [0, 0.1) is 0 Å². The molecule has 0 fully saturated rings. The molecule has 0 saturated heterocycles. The molecule has 2 rings (SSSR count). The minimum Gasteiger partial charge on any atom is -0.492 e. The summed E-state index contributed by atoms with van der Waals surface area (Å²) in [5, 5.41) is 11.2. The number of hydrogen-bond donors (Lipinski definition) is 3. The van der Waals surface area contributed by atoms with Crippen LogP contribution in [-0.4, -0.2) is 35.2 Å². The summed E-state index contributed by atoms with van der Waals surface area (Å²) in [4.78, 5) is 27.1. The average molecular weight is 380 g/mol. The van der Waals surface area contributed by atoms with E-state index in [1.54, 1.807) is 35.8 Å². The van der Waals surface area contributed by atoms with E-state index in [1.165, 1.54) is 12.1 Å². The molecular weight excluding hydrogens is 366 g/mol. The zero-order valence-corrected chi connectivity index (χ0v) is 13.5. The second-order valence-electron chi connectivity index (χ2n) is 4.42. The first kappa shape index (κ1) is 16.9. The summed E-state index contributed by atoms with van der Waals surface area (Å²) >= 11 is 3.20. The van der Waals surface area contributed by atoms with Crippen LogP contribution in [0.3, 0.4) is 0 Å². The van der Waals surface area contributed by atoms with Crippen LogP contribution in [0.1, 0.15) is 20.8 Å². The van der Waals surface area contributed by atoms with E-state index >= 15 is 0 Å². The highest BCUT2D eigenvalue weighted by Gasteiger charge is 2.07. The molecule has 0 unspecified atom stereocenters. The highest BCUT2D eigenvalue weighted by Crippen LogP contribution is 2.12.